The molecule has 1 rings (SSSR count). The molecule has 0 aliphatic rings. The molecule has 0 aliphatic carbocycles. The van der Waals surface area contributed by atoms with Crippen molar-refractivity contribution in [2.24, 2.45) is 0 Å². The molecule has 0 bridgehead atoms. The summed E-state index contributed by atoms with van der Waals surface area (Å²) in [6.07, 6.45) is 0.149. The summed E-state index contributed by atoms with van der Waals surface area (Å²) in [5.74, 6) is 0. The minimum absolute atomic E-state index is 0.149. The quantitative estimate of drug-likeness (QED) is 0.656. The third-order valence-corrected chi connectivity index (χ3v) is 1.76. The van der Waals surface area contributed by atoms with E-state index in [9.17, 15) is 0 Å². The van der Waals surface area contributed by atoms with Gasteiger partial charge in [-0.1, -0.05) is 12.1 Å². The van der Waals surface area contributed by atoms with Gasteiger partial charge in [0.1, 0.15) is 0 Å². The Hall–Kier alpha value is -1.02. The fourth-order valence-corrected chi connectivity index (χ4v) is 0.903. The number of methoxy groups -OCH3 is 1. The number of ether oxygens (including phenoxy) is 1. The van der Waals surface area contributed by atoms with Crippen LogP contribution in [-0.2, 0) is 4.74 Å². The molecule has 0 aromatic heterocycles. The van der Waals surface area contributed by atoms with Crippen LogP contribution in [0.3, 0.4) is 0 Å². The monoisotopic (exact) mass is 151 g/mol. The van der Waals surface area contributed by atoms with E-state index in [1.54, 1.807) is 7.11 Å². The van der Waals surface area contributed by atoms with Crippen molar-refractivity contribution in [1.82, 2.24) is 0 Å². The fraction of sp³-hybridized carbons (Fsp3) is 0.333. The molecule has 2 nitrogen and oxygen atoms in total. The lowest BCUT2D eigenvalue weighted by Crippen LogP contribution is -1.95. The van der Waals surface area contributed by atoms with E-state index in [1.165, 1.54) is 0 Å². The number of rotatable bonds is 2. The van der Waals surface area contributed by atoms with Gasteiger partial charge in [0.25, 0.3) is 0 Å². The largest absolute Gasteiger partial charge is 0.399 e. The average Bonchev–Trinajstić information content (AvgIpc) is 2.05. The Morgan fingerprint density at radius 2 is 1.82 bits per heavy atom. The van der Waals surface area contributed by atoms with Gasteiger partial charge in [-0.2, -0.15) is 0 Å². The maximum Gasteiger partial charge on any atom is 0.0793 e. The van der Waals surface area contributed by atoms with Crippen LogP contribution < -0.4 is 5.73 Å². The van der Waals surface area contributed by atoms with E-state index >= 15 is 0 Å². The smallest absolute Gasteiger partial charge is 0.0793 e. The number of nitrogen functional groups attached to an aromatic ring is 1. The van der Waals surface area contributed by atoms with Crippen LogP contribution in [0, 0.1) is 0 Å². The van der Waals surface area contributed by atoms with Gasteiger partial charge in [-0.15, -0.1) is 0 Å². The van der Waals surface area contributed by atoms with E-state index in [0.717, 1.165) is 11.3 Å². The summed E-state index contributed by atoms with van der Waals surface area (Å²) in [7, 11) is 1.70. The van der Waals surface area contributed by atoms with Crippen molar-refractivity contribution in [3.05, 3.63) is 29.8 Å². The zero-order chi connectivity index (χ0) is 8.27. The molecular formula is C9H13NO. The predicted octanol–water partition coefficient (Wildman–Crippen LogP) is 1.98. The number of benzene rings is 1. The van der Waals surface area contributed by atoms with Crippen molar-refractivity contribution in [3.8, 4) is 0 Å². The number of hydrogen-bond donors (Lipinski definition) is 1. The highest BCUT2D eigenvalue weighted by Gasteiger charge is 2.00. The van der Waals surface area contributed by atoms with Gasteiger partial charge in [-0.25, -0.2) is 0 Å². The maximum atomic E-state index is 5.53. The second-order valence-electron chi connectivity index (χ2n) is 2.54. The van der Waals surface area contributed by atoms with Crippen molar-refractivity contribution in [3.63, 3.8) is 0 Å². The van der Waals surface area contributed by atoms with E-state index in [0.29, 0.717) is 0 Å². The SMILES string of the molecule is CO[C@H](C)c1ccc(N)cc1. The van der Waals surface area contributed by atoms with Crippen molar-refractivity contribution >= 4 is 5.69 Å². The first kappa shape index (κ1) is 8.08. The summed E-state index contributed by atoms with van der Waals surface area (Å²) in [4.78, 5) is 0. The van der Waals surface area contributed by atoms with Crippen LogP contribution in [0.25, 0.3) is 0 Å². The molecule has 0 aliphatic heterocycles. The molecule has 2 N–H and O–H groups in total. The minimum atomic E-state index is 0.149. The van der Waals surface area contributed by atoms with Crippen LogP contribution in [-0.4, -0.2) is 7.11 Å². The highest BCUT2D eigenvalue weighted by Crippen LogP contribution is 2.16. The first-order chi connectivity index (χ1) is 5.24. The van der Waals surface area contributed by atoms with Crippen molar-refractivity contribution in [2.45, 2.75) is 13.0 Å². The van der Waals surface area contributed by atoms with E-state index in [1.807, 2.05) is 31.2 Å². The summed E-state index contributed by atoms with van der Waals surface area (Å²) in [6.45, 7) is 2.01. The summed E-state index contributed by atoms with van der Waals surface area (Å²) in [5, 5.41) is 0. The zero-order valence-corrected chi connectivity index (χ0v) is 6.87. The van der Waals surface area contributed by atoms with Crippen molar-refractivity contribution < 1.29 is 4.74 Å². The van der Waals surface area contributed by atoms with Gasteiger partial charge in [0.2, 0.25) is 0 Å². The third kappa shape index (κ3) is 1.95. The molecule has 2 heteroatoms. The Bertz CT molecular complexity index is 218. The maximum absolute atomic E-state index is 5.53. The Balaban J connectivity index is 2.81. The Morgan fingerprint density at radius 1 is 1.27 bits per heavy atom. The molecule has 1 atom stereocenters. The third-order valence-electron chi connectivity index (χ3n) is 1.76. The Kier molecular flexibility index (Phi) is 2.49. The van der Waals surface area contributed by atoms with Gasteiger partial charge in [0.05, 0.1) is 6.10 Å². The molecule has 0 saturated heterocycles. The summed E-state index contributed by atoms with van der Waals surface area (Å²) >= 11 is 0. The van der Waals surface area contributed by atoms with Crippen molar-refractivity contribution in [1.29, 1.82) is 0 Å². The summed E-state index contributed by atoms with van der Waals surface area (Å²) in [6, 6.07) is 7.71. The molecule has 0 heterocycles. The minimum Gasteiger partial charge on any atom is -0.399 e. The van der Waals surface area contributed by atoms with Gasteiger partial charge < -0.3 is 10.5 Å². The summed E-state index contributed by atoms with van der Waals surface area (Å²) < 4.78 is 5.14. The Labute approximate surface area is 67.0 Å². The first-order valence-corrected chi connectivity index (χ1v) is 3.62. The second kappa shape index (κ2) is 3.39. The predicted molar refractivity (Wildman–Crippen MR) is 46.3 cm³/mol. The van der Waals surface area contributed by atoms with Gasteiger partial charge in [-0.3, -0.25) is 0 Å². The van der Waals surface area contributed by atoms with Gasteiger partial charge in [0, 0.05) is 12.8 Å². The normalized spacial score (nSPS) is 12.9. The second-order valence-corrected chi connectivity index (χ2v) is 2.54. The zero-order valence-electron chi connectivity index (χ0n) is 6.87. The van der Waals surface area contributed by atoms with Crippen molar-refractivity contribution in [2.75, 3.05) is 12.8 Å². The number of nitrogens with two attached hydrogens (primary N) is 1. The summed E-state index contributed by atoms with van der Waals surface area (Å²) in [5.41, 5.74) is 7.47. The molecule has 0 amide bonds. The molecule has 1 aromatic rings. The standard InChI is InChI=1S/C9H13NO/c1-7(11-2)8-3-5-9(10)6-4-8/h3-7H,10H2,1-2H3/t7-/m1/s1. The highest BCUT2D eigenvalue weighted by atomic mass is 16.5. The topological polar surface area (TPSA) is 35.2 Å². The number of anilines is 1. The van der Waals surface area contributed by atoms with E-state index < -0.39 is 0 Å². The van der Waals surface area contributed by atoms with E-state index in [-0.39, 0.29) is 6.10 Å². The lowest BCUT2D eigenvalue weighted by Gasteiger charge is -2.08. The van der Waals surface area contributed by atoms with E-state index in [2.05, 4.69) is 0 Å². The van der Waals surface area contributed by atoms with Crippen LogP contribution >= 0.6 is 0 Å². The van der Waals surface area contributed by atoms with Crippen LogP contribution in [0.4, 0.5) is 5.69 Å². The van der Waals surface area contributed by atoms with Crippen LogP contribution in [0.15, 0.2) is 24.3 Å². The molecule has 0 radical (unpaired) electrons. The molecule has 0 unspecified atom stereocenters. The first-order valence-electron chi connectivity index (χ1n) is 3.62. The Morgan fingerprint density at radius 3 is 2.27 bits per heavy atom. The molecule has 60 valence electrons. The molecule has 0 saturated carbocycles. The molecular weight excluding hydrogens is 138 g/mol. The molecule has 0 spiro atoms. The van der Waals surface area contributed by atoms with Gasteiger partial charge in [-0.05, 0) is 24.6 Å². The highest BCUT2D eigenvalue weighted by molar-refractivity contribution is 5.39. The average molecular weight is 151 g/mol. The van der Waals surface area contributed by atoms with Crippen LogP contribution in [0.1, 0.15) is 18.6 Å². The number of hydrogen-bond acceptors (Lipinski definition) is 2. The van der Waals surface area contributed by atoms with Crippen LogP contribution in [0.2, 0.25) is 0 Å². The lowest BCUT2D eigenvalue weighted by atomic mass is 10.1. The lowest BCUT2D eigenvalue weighted by molar-refractivity contribution is 0.119. The van der Waals surface area contributed by atoms with Crippen LogP contribution in [0.5, 0.6) is 0 Å². The molecule has 1 aromatic carbocycles. The molecule has 11 heavy (non-hydrogen) atoms. The fourth-order valence-electron chi connectivity index (χ4n) is 0.903. The molecule has 0 fully saturated rings. The van der Waals surface area contributed by atoms with Gasteiger partial charge in [0.15, 0.2) is 0 Å². The van der Waals surface area contributed by atoms with E-state index in [4.69, 9.17) is 10.5 Å². The van der Waals surface area contributed by atoms with Gasteiger partial charge >= 0.3 is 0 Å².